The van der Waals surface area contributed by atoms with Gasteiger partial charge in [0.2, 0.25) is 5.91 Å². The highest BCUT2D eigenvalue weighted by Gasteiger charge is 2.40. The highest BCUT2D eigenvalue weighted by molar-refractivity contribution is 9.10. The molecule has 1 aliphatic heterocycles. The Morgan fingerprint density at radius 1 is 1.41 bits per heavy atom. The number of halogens is 1. The molecule has 2 fully saturated rings. The molecule has 0 N–H and O–H groups in total. The Kier molecular flexibility index (Phi) is 4.17. The summed E-state index contributed by atoms with van der Waals surface area (Å²) in [6, 6.07) is 0. The van der Waals surface area contributed by atoms with Gasteiger partial charge < -0.3 is 4.90 Å². The predicted octanol–water partition coefficient (Wildman–Crippen LogP) is 3.59. The van der Waals surface area contributed by atoms with Crippen molar-refractivity contribution in [1.29, 1.82) is 0 Å². The number of hydrogen-bond donors (Lipinski definition) is 0. The van der Waals surface area contributed by atoms with Crippen molar-refractivity contribution in [2.45, 2.75) is 57.2 Å². The molecule has 1 heterocycles. The smallest absolute Gasteiger partial charge is 0.236 e. The molecule has 2 nitrogen and oxygen atoms in total. The van der Waals surface area contributed by atoms with E-state index in [2.05, 4.69) is 34.7 Å². The van der Waals surface area contributed by atoms with Crippen LogP contribution in [0.25, 0.3) is 0 Å². The summed E-state index contributed by atoms with van der Waals surface area (Å²) in [6.07, 6.45) is 7.61. The van der Waals surface area contributed by atoms with Crippen LogP contribution in [-0.2, 0) is 4.79 Å². The first-order valence-corrected chi connectivity index (χ1v) is 7.87. The number of amides is 1. The van der Waals surface area contributed by atoms with Gasteiger partial charge in [-0.1, -0.05) is 42.6 Å². The van der Waals surface area contributed by atoms with E-state index in [1.165, 1.54) is 32.1 Å². The quantitative estimate of drug-likeness (QED) is 0.727. The molecule has 17 heavy (non-hydrogen) atoms. The van der Waals surface area contributed by atoms with Crippen molar-refractivity contribution in [3.63, 3.8) is 0 Å². The third-order valence-corrected chi connectivity index (χ3v) is 5.11. The first-order valence-electron chi connectivity index (χ1n) is 6.95. The molecule has 0 radical (unpaired) electrons. The standard InChI is InChI=1S/C14H24BrNO/c1-11(2)9-14(6-3-4-7-14)10-16-8-5-12(15)13(16)17/h11-12H,3-10H2,1-2H3. The van der Waals surface area contributed by atoms with Crippen LogP contribution in [0.2, 0.25) is 0 Å². The topological polar surface area (TPSA) is 20.3 Å². The summed E-state index contributed by atoms with van der Waals surface area (Å²) in [5, 5.41) is 0. The van der Waals surface area contributed by atoms with Gasteiger partial charge in [0.25, 0.3) is 0 Å². The Bertz CT molecular complexity index is 284. The lowest BCUT2D eigenvalue weighted by molar-refractivity contribution is -0.128. The van der Waals surface area contributed by atoms with Crippen molar-refractivity contribution in [1.82, 2.24) is 4.90 Å². The number of alkyl halides is 1. The fourth-order valence-electron chi connectivity index (χ4n) is 3.68. The predicted molar refractivity (Wildman–Crippen MR) is 74.3 cm³/mol. The van der Waals surface area contributed by atoms with Crippen LogP contribution in [0.5, 0.6) is 0 Å². The zero-order chi connectivity index (χ0) is 12.5. The monoisotopic (exact) mass is 301 g/mol. The maximum Gasteiger partial charge on any atom is 0.236 e. The van der Waals surface area contributed by atoms with E-state index in [4.69, 9.17) is 0 Å². The molecular formula is C14H24BrNO. The minimum Gasteiger partial charge on any atom is -0.341 e. The average Bonchev–Trinajstić information content (AvgIpc) is 2.80. The summed E-state index contributed by atoms with van der Waals surface area (Å²) in [4.78, 5) is 14.2. The van der Waals surface area contributed by atoms with Crippen LogP contribution in [0.1, 0.15) is 52.4 Å². The number of hydrogen-bond acceptors (Lipinski definition) is 1. The molecule has 1 atom stereocenters. The second-order valence-electron chi connectivity index (χ2n) is 6.32. The Labute approximate surface area is 113 Å². The van der Waals surface area contributed by atoms with Gasteiger partial charge in [-0.3, -0.25) is 4.79 Å². The van der Waals surface area contributed by atoms with Gasteiger partial charge in [0.1, 0.15) is 0 Å². The Morgan fingerprint density at radius 2 is 2.06 bits per heavy atom. The summed E-state index contributed by atoms with van der Waals surface area (Å²) < 4.78 is 0. The van der Waals surface area contributed by atoms with Gasteiger partial charge in [-0.15, -0.1) is 0 Å². The van der Waals surface area contributed by atoms with Crippen molar-refractivity contribution >= 4 is 21.8 Å². The van der Waals surface area contributed by atoms with E-state index in [-0.39, 0.29) is 4.83 Å². The van der Waals surface area contributed by atoms with Gasteiger partial charge in [0, 0.05) is 13.1 Å². The largest absolute Gasteiger partial charge is 0.341 e. The van der Waals surface area contributed by atoms with E-state index in [1.807, 2.05) is 0 Å². The SMILES string of the molecule is CC(C)CC1(CN2CCC(Br)C2=O)CCCC1. The molecule has 2 aliphatic rings. The van der Waals surface area contributed by atoms with Gasteiger partial charge in [0.05, 0.1) is 4.83 Å². The van der Waals surface area contributed by atoms with Crippen LogP contribution < -0.4 is 0 Å². The lowest BCUT2D eigenvalue weighted by atomic mass is 9.78. The number of rotatable bonds is 4. The minimum atomic E-state index is 0.0833. The molecule has 1 aliphatic carbocycles. The Balaban J connectivity index is 2.00. The summed E-state index contributed by atoms with van der Waals surface area (Å²) in [6.45, 7) is 6.57. The van der Waals surface area contributed by atoms with Crippen LogP contribution in [0.4, 0.5) is 0 Å². The zero-order valence-electron chi connectivity index (χ0n) is 11.0. The van der Waals surface area contributed by atoms with Gasteiger partial charge in [0.15, 0.2) is 0 Å². The maximum atomic E-state index is 12.0. The Morgan fingerprint density at radius 3 is 2.53 bits per heavy atom. The molecule has 0 bridgehead atoms. The summed E-state index contributed by atoms with van der Waals surface area (Å²) in [5.41, 5.74) is 0.431. The molecule has 0 aromatic carbocycles. The van der Waals surface area contributed by atoms with E-state index in [9.17, 15) is 4.79 Å². The number of nitrogens with zero attached hydrogens (tertiary/aromatic N) is 1. The van der Waals surface area contributed by atoms with Crippen molar-refractivity contribution in [3.8, 4) is 0 Å². The van der Waals surface area contributed by atoms with Crippen molar-refractivity contribution in [2.24, 2.45) is 11.3 Å². The molecule has 1 saturated carbocycles. The number of likely N-dealkylation sites (tertiary alicyclic amines) is 1. The highest BCUT2D eigenvalue weighted by Crippen LogP contribution is 2.44. The van der Waals surface area contributed by atoms with Crippen LogP contribution in [0, 0.1) is 11.3 Å². The molecule has 1 amide bonds. The first kappa shape index (κ1) is 13.4. The van der Waals surface area contributed by atoms with E-state index < -0.39 is 0 Å². The van der Waals surface area contributed by atoms with Crippen molar-refractivity contribution in [3.05, 3.63) is 0 Å². The van der Waals surface area contributed by atoms with Crippen LogP contribution in [0.3, 0.4) is 0 Å². The maximum absolute atomic E-state index is 12.0. The van der Waals surface area contributed by atoms with Gasteiger partial charge in [-0.05, 0) is 37.0 Å². The summed E-state index contributed by atoms with van der Waals surface area (Å²) in [7, 11) is 0. The molecule has 2 rings (SSSR count). The van der Waals surface area contributed by atoms with Crippen LogP contribution in [-0.4, -0.2) is 28.7 Å². The van der Waals surface area contributed by atoms with Gasteiger partial charge in [-0.2, -0.15) is 0 Å². The molecule has 1 saturated heterocycles. The lowest BCUT2D eigenvalue weighted by Crippen LogP contribution is -2.39. The van der Waals surface area contributed by atoms with Crippen LogP contribution in [0.15, 0.2) is 0 Å². The van der Waals surface area contributed by atoms with E-state index in [1.54, 1.807) is 0 Å². The molecule has 0 aromatic rings. The fraction of sp³-hybridized carbons (Fsp3) is 0.929. The highest BCUT2D eigenvalue weighted by atomic mass is 79.9. The number of carbonyl (C=O) groups is 1. The van der Waals surface area contributed by atoms with Crippen LogP contribution >= 0.6 is 15.9 Å². The molecule has 0 aromatic heterocycles. The minimum absolute atomic E-state index is 0.0833. The van der Waals surface area contributed by atoms with Gasteiger partial charge >= 0.3 is 0 Å². The second-order valence-corrected chi connectivity index (χ2v) is 7.43. The molecule has 98 valence electrons. The molecule has 0 spiro atoms. The molecular weight excluding hydrogens is 278 g/mol. The molecule has 1 unspecified atom stereocenters. The average molecular weight is 302 g/mol. The lowest BCUT2D eigenvalue weighted by Gasteiger charge is -2.35. The van der Waals surface area contributed by atoms with Crippen molar-refractivity contribution < 1.29 is 4.79 Å². The third kappa shape index (κ3) is 3.04. The normalized spacial score (nSPS) is 28.4. The summed E-state index contributed by atoms with van der Waals surface area (Å²) in [5.74, 6) is 1.06. The first-order chi connectivity index (χ1) is 8.02. The second kappa shape index (κ2) is 5.29. The van der Waals surface area contributed by atoms with E-state index in [0.717, 1.165) is 25.4 Å². The summed E-state index contributed by atoms with van der Waals surface area (Å²) >= 11 is 3.47. The Hall–Kier alpha value is -0.0500. The fourth-order valence-corrected chi connectivity index (χ4v) is 4.17. The van der Waals surface area contributed by atoms with Crippen molar-refractivity contribution in [2.75, 3.05) is 13.1 Å². The number of carbonyl (C=O) groups excluding carboxylic acids is 1. The van der Waals surface area contributed by atoms with Gasteiger partial charge in [-0.25, -0.2) is 0 Å². The van der Waals surface area contributed by atoms with E-state index >= 15 is 0 Å². The third-order valence-electron chi connectivity index (χ3n) is 4.26. The van der Waals surface area contributed by atoms with E-state index in [0.29, 0.717) is 11.3 Å². The zero-order valence-corrected chi connectivity index (χ0v) is 12.6. The molecule has 3 heteroatoms.